The molecule has 192 valence electrons. The second kappa shape index (κ2) is 9.18. The molecule has 0 radical (unpaired) electrons. The first kappa shape index (κ1) is 22.8. The van der Waals surface area contributed by atoms with Crippen LogP contribution in [0.25, 0.3) is 22.5 Å². The largest absolute Gasteiger partial charge is 0.469 e. The van der Waals surface area contributed by atoms with Crippen LogP contribution in [0.3, 0.4) is 0 Å². The number of benzene rings is 1. The molecular weight excluding hydrogens is 492 g/mol. The van der Waals surface area contributed by atoms with Gasteiger partial charge in [0.1, 0.15) is 29.2 Å². The van der Waals surface area contributed by atoms with Crippen molar-refractivity contribution in [3.05, 3.63) is 84.6 Å². The van der Waals surface area contributed by atoms with E-state index in [1.807, 2.05) is 35.5 Å². The number of halogens is 2. The van der Waals surface area contributed by atoms with E-state index in [0.29, 0.717) is 54.8 Å². The van der Waals surface area contributed by atoms with Crippen LogP contribution >= 0.6 is 0 Å². The lowest BCUT2D eigenvalue weighted by Crippen LogP contribution is -2.38. The first-order chi connectivity index (χ1) is 18.6. The van der Waals surface area contributed by atoms with Crippen molar-refractivity contribution < 1.29 is 18.3 Å². The van der Waals surface area contributed by atoms with Gasteiger partial charge in [-0.3, -0.25) is 0 Å². The summed E-state index contributed by atoms with van der Waals surface area (Å²) in [6.07, 6.45) is 10.6. The van der Waals surface area contributed by atoms with Crippen molar-refractivity contribution in [2.24, 2.45) is 0 Å². The van der Waals surface area contributed by atoms with E-state index in [1.165, 1.54) is 12.1 Å². The highest BCUT2D eigenvalue weighted by atomic mass is 19.1. The zero-order valence-corrected chi connectivity index (χ0v) is 20.2. The minimum atomic E-state index is -0.449. The van der Waals surface area contributed by atoms with Gasteiger partial charge in [0.05, 0.1) is 31.6 Å². The van der Waals surface area contributed by atoms with Gasteiger partial charge in [0.2, 0.25) is 5.88 Å². The van der Waals surface area contributed by atoms with Gasteiger partial charge in [-0.05, 0) is 43.2 Å². The number of nitrogens with zero attached hydrogens (tertiary/aromatic N) is 7. The van der Waals surface area contributed by atoms with Crippen LogP contribution in [0.1, 0.15) is 24.4 Å². The summed E-state index contributed by atoms with van der Waals surface area (Å²) in [5.41, 5.74) is 3.43. The Bertz CT molecular complexity index is 1610. The van der Waals surface area contributed by atoms with E-state index in [-0.39, 0.29) is 12.1 Å². The van der Waals surface area contributed by atoms with Crippen molar-refractivity contribution in [2.45, 2.75) is 25.0 Å². The monoisotopic (exact) mass is 515 g/mol. The Balaban J connectivity index is 1.17. The standard InChI is InChI=1S/C27H23F2N7O2/c28-19-4-5-22(29)21(10-19)23-2-1-8-34(23)25-7-9-35-27(33-25)24(13-32-35)36-14-18(12-31-36)17-3-6-26(30-11-17)38-20-15-37-16-20/h3-7,9-14,20,23H,1-2,8,15-16H2. The van der Waals surface area contributed by atoms with E-state index in [2.05, 4.69) is 15.2 Å². The van der Waals surface area contributed by atoms with Gasteiger partial charge in [-0.15, -0.1) is 0 Å². The second-order valence-corrected chi connectivity index (χ2v) is 9.44. The lowest BCUT2D eigenvalue weighted by atomic mass is 10.0. The molecule has 7 rings (SSSR count). The molecule has 2 fully saturated rings. The third-order valence-corrected chi connectivity index (χ3v) is 6.99. The molecule has 0 amide bonds. The van der Waals surface area contributed by atoms with Crippen LogP contribution in [0.2, 0.25) is 0 Å². The number of ether oxygens (including phenoxy) is 2. The molecule has 11 heteroatoms. The Morgan fingerprint density at radius 1 is 0.974 bits per heavy atom. The topological polar surface area (TPSA) is 82.6 Å². The fraction of sp³-hybridized carbons (Fsp3) is 0.259. The summed E-state index contributed by atoms with van der Waals surface area (Å²) >= 11 is 0. The van der Waals surface area contributed by atoms with Crippen LogP contribution in [-0.4, -0.2) is 55.2 Å². The van der Waals surface area contributed by atoms with Crippen LogP contribution < -0.4 is 9.64 Å². The van der Waals surface area contributed by atoms with Gasteiger partial charge in [0.15, 0.2) is 5.65 Å². The van der Waals surface area contributed by atoms with E-state index in [1.54, 1.807) is 27.8 Å². The maximum atomic E-state index is 14.6. The molecule has 0 N–H and O–H groups in total. The van der Waals surface area contributed by atoms with Crippen molar-refractivity contribution in [1.82, 2.24) is 29.4 Å². The van der Waals surface area contributed by atoms with Gasteiger partial charge in [-0.1, -0.05) is 0 Å². The molecular formula is C27H23F2N7O2. The molecule has 6 heterocycles. The summed E-state index contributed by atoms with van der Waals surface area (Å²) in [4.78, 5) is 11.3. The van der Waals surface area contributed by atoms with E-state index in [0.717, 1.165) is 23.6 Å². The maximum Gasteiger partial charge on any atom is 0.213 e. The quantitative estimate of drug-likeness (QED) is 0.332. The lowest BCUT2D eigenvalue weighted by molar-refractivity contribution is -0.0813. The zero-order chi connectivity index (χ0) is 25.6. The molecule has 2 saturated heterocycles. The van der Waals surface area contributed by atoms with E-state index in [4.69, 9.17) is 14.5 Å². The number of rotatable bonds is 6. The fourth-order valence-electron chi connectivity index (χ4n) is 4.98. The van der Waals surface area contributed by atoms with Crippen molar-refractivity contribution in [2.75, 3.05) is 24.7 Å². The van der Waals surface area contributed by atoms with Gasteiger partial charge in [0.25, 0.3) is 0 Å². The molecule has 0 bridgehead atoms. The smallest absolute Gasteiger partial charge is 0.213 e. The lowest BCUT2D eigenvalue weighted by Gasteiger charge is -2.26. The summed E-state index contributed by atoms with van der Waals surface area (Å²) in [6.45, 7) is 1.87. The van der Waals surface area contributed by atoms with Gasteiger partial charge >= 0.3 is 0 Å². The summed E-state index contributed by atoms with van der Waals surface area (Å²) in [7, 11) is 0. The first-order valence-electron chi connectivity index (χ1n) is 12.4. The molecule has 1 aromatic carbocycles. The van der Waals surface area contributed by atoms with Crippen molar-refractivity contribution >= 4 is 11.5 Å². The molecule has 38 heavy (non-hydrogen) atoms. The predicted molar refractivity (Wildman–Crippen MR) is 134 cm³/mol. The minimum Gasteiger partial charge on any atom is -0.469 e. The number of fused-ring (bicyclic) bond motifs is 1. The van der Waals surface area contributed by atoms with Crippen LogP contribution in [0.5, 0.6) is 5.88 Å². The third kappa shape index (κ3) is 4.04. The molecule has 1 unspecified atom stereocenters. The average Bonchev–Trinajstić information content (AvgIpc) is 3.67. The molecule has 0 aliphatic carbocycles. The van der Waals surface area contributed by atoms with Crippen LogP contribution in [0.15, 0.2) is 67.4 Å². The molecule has 2 aliphatic rings. The molecule has 1 atom stereocenters. The number of aromatic nitrogens is 6. The highest BCUT2D eigenvalue weighted by molar-refractivity contribution is 5.65. The van der Waals surface area contributed by atoms with Crippen LogP contribution in [0, 0.1) is 11.6 Å². The Morgan fingerprint density at radius 3 is 2.71 bits per heavy atom. The van der Waals surface area contributed by atoms with Gasteiger partial charge in [-0.25, -0.2) is 27.9 Å². The number of anilines is 1. The van der Waals surface area contributed by atoms with E-state index in [9.17, 15) is 8.78 Å². The SMILES string of the molecule is Fc1ccc(F)c(C2CCCN2c2ccn3ncc(-n4cc(-c5ccc(OC6COC6)nc5)cn4)c3n2)c1. The minimum absolute atomic E-state index is 0.0628. The Kier molecular flexibility index (Phi) is 5.50. The Morgan fingerprint density at radius 2 is 1.89 bits per heavy atom. The van der Waals surface area contributed by atoms with E-state index < -0.39 is 11.6 Å². The van der Waals surface area contributed by atoms with Gasteiger partial charge in [-0.2, -0.15) is 10.2 Å². The highest BCUT2D eigenvalue weighted by Gasteiger charge is 2.30. The molecule has 5 aromatic rings. The fourth-order valence-corrected chi connectivity index (χ4v) is 4.98. The van der Waals surface area contributed by atoms with Crippen molar-refractivity contribution in [3.8, 4) is 22.7 Å². The first-order valence-corrected chi connectivity index (χ1v) is 12.4. The molecule has 2 aliphatic heterocycles. The number of hydrogen-bond donors (Lipinski definition) is 0. The summed E-state index contributed by atoms with van der Waals surface area (Å²) in [6, 6.07) is 8.93. The van der Waals surface area contributed by atoms with Crippen molar-refractivity contribution in [3.63, 3.8) is 0 Å². The molecule has 9 nitrogen and oxygen atoms in total. The molecule has 0 spiro atoms. The van der Waals surface area contributed by atoms with Crippen LogP contribution in [0.4, 0.5) is 14.6 Å². The maximum absolute atomic E-state index is 14.6. The third-order valence-electron chi connectivity index (χ3n) is 6.99. The normalized spacial score (nSPS) is 17.7. The predicted octanol–water partition coefficient (Wildman–Crippen LogP) is 4.37. The number of pyridine rings is 1. The van der Waals surface area contributed by atoms with Gasteiger partial charge in [0, 0.05) is 47.9 Å². The van der Waals surface area contributed by atoms with Crippen LogP contribution in [-0.2, 0) is 4.74 Å². The number of hydrogen-bond acceptors (Lipinski definition) is 7. The van der Waals surface area contributed by atoms with E-state index >= 15 is 0 Å². The van der Waals surface area contributed by atoms with Crippen molar-refractivity contribution in [1.29, 1.82) is 0 Å². The summed E-state index contributed by atoms with van der Waals surface area (Å²) in [5.74, 6) is 0.376. The van der Waals surface area contributed by atoms with Gasteiger partial charge < -0.3 is 14.4 Å². The summed E-state index contributed by atoms with van der Waals surface area (Å²) < 4.78 is 42.8. The molecule has 4 aromatic heterocycles. The summed E-state index contributed by atoms with van der Waals surface area (Å²) in [5, 5.41) is 8.96. The molecule has 0 saturated carbocycles. The second-order valence-electron chi connectivity index (χ2n) is 9.44. The Hall–Kier alpha value is -4.38. The average molecular weight is 516 g/mol. The zero-order valence-electron chi connectivity index (χ0n) is 20.2. The Labute approximate surface area is 216 Å². The highest BCUT2D eigenvalue weighted by Crippen LogP contribution is 2.37.